The van der Waals surface area contributed by atoms with E-state index in [1.807, 2.05) is 18.3 Å². The van der Waals surface area contributed by atoms with E-state index in [2.05, 4.69) is 22.4 Å². The maximum atomic E-state index is 6.85. The van der Waals surface area contributed by atoms with Gasteiger partial charge in [0.25, 0.3) is 0 Å². The van der Waals surface area contributed by atoms with Crippen LogP contribution < -0.4 is 40.0 Å². The quantitative estimate of drug-likeness (QED) is 0.319. The summed E-state index contributed by atoms with van der Waals surface area (Å²) in [7, 11) is 0. The monoisotopic (exact) mass is 555 g/mol. The molecule has 8 rings (SSSR count). The van der Waals surface area contributed by atoms with E-state index in [-0.39, 0.29) is 24.8 Å². The lowest BCUT2D eigenvalue weighted by Gasteiger charge is -2.57. The summed E-state index contributed by atoms with van der Waals surface area (Å²) in [5, 5.41) is 5.54. The highest BCUT2D eigenvalue weighted by atomic mass is 35.5. The minimum absolute atomic E-state index is 0. The molecule has 2 saturated heterocycles. The molecule has 198 valence electrons. The van der Waals surface area contributed by atoms with Crippen molar-refractivity contribution >= 4 is 28.2 Å². The topological polar surface area (TPSA) is 58.3 Å². The number of fused-ring (bicyclic) bond motifs is 1. The van der Waals surface area contributed by atoms with Crippen molar-refractivity contribution in [1.82, 2.24) is 0 Å². The Bertz CT molecular complexity index is 1050. The smallest absolute Gasteiger partial charge is 0.215 e. The number of anilines is 1. The van der Waals surface area contributed by atoms with Crippen LogP contribution in [0.4, 0.5) is 5.69 Å². The predicted octanol–water partition coefficient (Wildman–Crippen LogP) is -2.38. The fourth-order valence-electron chi connectivity index (χ4n) is 7.92. The predicted molar refractivity (Wildman–Crippen MR) is 129 cm³/mol. The van der Waals surface area contributed by atoms with Crippen molar-refractivity contribution in [3.8, 4) is 0 Å². The maximum absolute atomic E-state index is 6.85. The van der Waals surface area contributed by atoms with Crippen LogP contribution in [0.1, 0.15) is 51.4 Å². The first-order chi connectivity index (χ1) is 16.6. The maximum Gasteiger partial charge on any atom is 0.215 e. The van der Waals surface area contributed by atoms with E-state index in [9.17, 15) is 0 Å². The minimum Gasteiger partial charge on any atom is -1.00 e. The number of pyridine rings is 1. The minimum atomic E-state index is -0.502. The van der Waals surface area contributed by atoms with Crippen LogP contribution in [0.5, 0.6) is 0 Å². The molecule has 0 amide bonds. The third-order valence-corrected chi connectivity index (χ3v) is 9.68. The first-order valence-electron chi connectivity index (χ1n) is 13.4. The molecule has 3 heterocycles. The standard InChI is InChI=1S/C27H34ClN3O3.2ClH/c28-22-2-3-23-24(4-8-30-25(23)17-22)29-7-1-9-31-10-5-26(6-11-31)32-27(34-33-26)20-13-18-12-19(15-20)16-21(27)14-18;;/h2-4,8,17-21H,1,5-7,9-16H2,(H,29,30);2*1H. The summed E-state index contributed by atoms with van der Waals surface area (Å²) in [6.07, 6.45) is 11.5. The summed E-state index contributed by atoms with van der Waals surface area (Å²) >= 11 is 6.13. The van der Waals surface area contributed by atoms with Gasteiger partial charge in [-0.2, -0.15) is 9.78 Å². The third-order valence-electron chi connectivity index (χ3n) is 9.45. The molecule has 3 N–H and O–H groups in total. The molecular formula is C27H36Cl3N3O3. The van der Waals surface area contributed by atoms with E-state index in [0.717, 1.165) is 73.5 Å². The first-order valence-corrected chi connectivity index (χ1v) is 13.7. The molecule has 2 aliphatic heterocycles. The molecule has 4 bridgehead atoms. The van der Waals surface area contributed by atoms with Crippen molar-refractivity contribution < 1.29 is 49.2 Å². The number of hydrogen-bond acceptors (Lipinski definition) is 4. The molecule has 9 heteroatoms. The second kappa shape index (κ2) is 10.4. The third kappa shape index (κ3) is 4.61. The number of benzene rings is 1. The second-order valence-electron chi connectivity index (χ2n) is 11.6. The SMILES string of the molecule is Clc1ccc2c(NCCC[NH+]3CCC4(CC3)OOC3(O4)C4CC5CC(C4)CC3C5)cc[nH+]c2c1.[Cl-].[Cl-]. The van der Waals surface area contributed by atoms with Gasteiger partial charge < -0.3 is 39.8 Å². The number of nitrogens with one attached hydrogen (secondary N) is 3. The molecular weight excluding hydrogens is 521 g/mol. The largest absolute Gasteiger partial charge is 1.00 e. The van der Waals surface area contributed by atoms with Crippen LogP contribution in [0.3, 0.4) is 0 Å². The van der Waals surface area contributed by atoms with E-state index < -0.39 is 11.6 Å². The van der Waals surface area contributed by atoms with Crippen LogP contribution in [0.15, 0.2) is 30.5 Å². The van der Waals surface area contributed by atoms with Gasteiger partial charge in [0.15, 0.2) is 6.20 Å². The Kier molecular flexibility index (Phi) is 7.70. The number of halogens is 3. The van der Waals surface area contributed by atoms with Crippen LogP contribution >= 0.6 is 11.6 Å². The summed E-state index contributed by atoms with van der Waals surface area (Å²) < 4.78 is 6.85. The zero-order chi connectivity index (χ0) is 22.8. The van der Waals surface area contributed by atoms with E-state index in [4.69, 9.17) is 26.1 Å². The molecule has 1 aromatic heterocycles. The molecule has 4 saturated carbocycles. The molecule has 2 aromatic rings. The zero-order valence-electron chi connectivity index (χ0n) is 20.5. The van der Waals surface area contributed by atoms with Gasteiger partial charge in [-0.25, -0.2) is 4.98 Å². The Hall–Kier alpha value is -0.860. The molecule has 0 unspecified atom stereocenters. The van der Waals surface area contributed by atoms with Gasteiger partial charge in [0.05, 0.1) is 43.5 Å². The molecule has 1 aromatic carbocycles. The zero-order valence-corrected chi connectivity index (χ0v) is 22.8. The summed E-state index contributed by atoms with van der Waals surface area (Å²) in [6.45, 7) is 4.29. The lowest BCUT2D eigenvalue weighted by atomic mass is 9.53. The number of H-pyrrole nitrogens is 1. The molecule has 2 spiro atoms. The summed E-state index contributed by atoms with van der Waals surface area (Å²) in [5.41, 5.74) is 2.21. The van der Waals surface area contributed by atoms with Crippen LogP contribution in [0.25, 0.3) is 10.9 Å². The number of ether oxygens (including phenoxy) is 1. The molecule has 0 atom stereocenters. The van der Waals surface area contributed by atoms with Crippen LogP contribution in [0, 0.1) is 23.7 Å². The van der Waals surface area contributed by atoms with Crippen molar-refractivity contribution in [3.63, 3.8) is 0 Å². The highest BCUT2D eigenvalue weighted by molar-refractivity contribution is 6.31. The highest BCUT2D eigenvalue weighted by Crippen LogP contribution is 2.63. The molecule has 6 nitrogen and oxygen atoms in total. The fraction of sp³-hybridized carbons (Fsp3) is 0.667. The Morgan fingerprint density at radius 2 is 1.69 bits per heavy atom. The summed E-state index contributed by atoms with van der Waals surface area (Å²) in [6, 6.07) is 8.09. The van der Waals surface area contributed by atoms with Gasteiger partial charge in [-0.1, -0.05) is 11.6 Å². The molecule has 4 aliphatic carbocycles. The normalized spacial score (nSPS) is 38.3. The van der Waals surface area contributed by atoms with Crippen molar-refractivity contribution in [2.45, 2.75) is 62.9 Å². The Balaban J connectivity index is 0.00000133. The number of likely N-dealkylation sites (tertiary alicyclic amines) is 1. The Morgan fingerprint density at radius 1 is 0.972 bits per heavy atom. The van der Waals surface area contributed by atoms with E-state index >= 15 is 0 Å². The van der Waals surface area contributed by atoms with Crippen molar-refractivity contribution in [1.29, 1.82) is 0 Å². The number of aromatic amines is 1. The first kappa shape index (κ1) is 26.7. The van der Waals surface area contributed by atoms with E-state index in [1.54, 1.807) is 4.90 Å². The molecule has 6 aliphatic rings. The van der Waals surface area contributed by atoms with Gasteiger partial charge in [0.1, 0.15) is 0 Å². The van der Waals surface area contributed by atoms with Crippen LogP contribution in [0.2, 0.25) is 5.02 Å². The van der Waals surface area contributed by atoms with Crippen LogP contribution in [-0.4, -0.2) is 37.8 Å². The van der Waals surface area contributed by atoms with Gasteiger partial charge in [0.2, 0.25) is 17.1 Å². The van der Waals surface area contributed by atoms with Crippen molar-refractivity contribution in [2.75, 3.05) is 31.5 Å². The number of hydrogen-bond donors (Lipinski definition) is 2. The number of piperidine rings is 1. The van der Waals surface area contributed by atoms with Crippen molar-refractivity contribution in [3.05, 3.63) is 35.5 Å². The fourth-order valence-corrected chi connectivity index (χ4v) is 8.09. The van der Waals surface area contributed by atoms with Crippen molar-refractivity contribution in [2.24, 2.45) is 23.7 Å². The summed E-state index contributed by atoms with van der Waals surface area (Å²) in [4.78, 5) is 17.2. The number of aromatic nitrogens is 1. The van der Waals surface area contributed by atoms with Gasteiger partial charge >= 0.3 is 0 Å². The van der Waals surface area contributed by atoms with E-state index in [1.165, 1.54) is 37.5 Å². The average molecular weight is 557 g/mol. The van der Waals surface area contributed by atoms with Gasteiger partial charge in [-0.05, 0) is 56.1 Å². The molecule has 36 heavy (non-hydrogen) atoms. The van der Waals surface area contributed by atoms with E-state index in [0.29, 0.717) is 11.8 Å². The molecule has 0 radical (unpaired) electrons. The highest BCUT2D eigenvalue weighted by Gasteiger charge is 2.67. The van der Waals surface area contributed by atoms with Gasteiger partial charge in [-0.3, -0.25) is 0 Å². The second-order valence-corrected chi connectivity index (χ2v) is 12.0. The van der Waals surface area contributed by atoms with Gasteiger partial charge in [-0.15, -0.1) is 0 Å². The lowest BCUT2D eigenvalue weighted by molar-refractivity contribution is -0.909. The lowest BCUT2D eigenvalue weighted by Crippen LogP contribution is -3.13. The average Bonchev–Trinajstić information content (AvgIpc) is 3.21. The number of rotatable bonds is 5. The molecule has 6 fully saturated rings. The Labute approximate surface area is 230 Å². The van der Waals surface area contributed by atoms with Crippen LogP contribution in [-0.2, 0) is 14.5 Å². The Morgan fingerprint density at radius 3 is 2.42 bits per heavy atom. The van der Waals surface area contributed by atoms with Gasteiger partial charge in [0, 0.05) is 42.0 Å². The summed E-state index contributed by atoms with van der Waals surface area (Å²) in [5.74, 6) is 1.96. The number of quaternary nitrogens is 1.